The minimum Gasteiger partial charge on any atom is -0.505 e. The molecule has 23 heavy (non-hydrogen) atoms. The summed E-state index contributed by atoms with van der Waals surface area (Å²) in [6.45, 7) is 0. The predicted molar refractivity (Wildman–Crippen MR) is 89.4 cm³/mol. The molecule has 2 N–H and O–H groups in total. The summed E-state index contributed by atoms with van der Waals surface area (Å²) in [7, 11) is 1.41. The van der Waals surface area contributed by atoms with E-state index in [1.807, 2.05) is 0 Å². The average molecular weight is 402 g/mol. The van der Waals surface area contributed by atoms with Crippen LogP contribution in [-0.2, 0) is 0 Å². The van der Waals surface area contributed by atoms with Gasteiger partial charge in [0.1, 0.15) is 16.5 Å². The summed E-state index contributed by atoms with van der Waals surface area (Å²) in [5, 5.41) is 30.4. The fourth-order valence-electron chi connectivity index (χ4n) is 1.77. The van der Waals surface area contributed by atoms with E-state index >= 15 is 0 Å². The number of aromatic hydroxyl groups is 2. The number of nitro benzene ring substituents is 1. The third kappa shape index (κ3) is 3.72. The van der Waals surface area contributed by atoms with Crippen LogP contribution in [0.5, 0.6) is 17.2 Å². The highest BCUT2D eigenvalue weighted by atomic mass is 79.9. The average Bonchev–Trinajstić information content (AvgIpc) is 2.49. The molecule has 0 aliphatic carbocycles. The number of hydrogen-bond acceptors (Lipinski definition) is 6. The first kappa shape index (κ1) is 17.0. The fraction of sp³-hybridized carbons (Fsp3) is 0.0714. The lowest BCUT2D eigenvalue weighted by atomic mass is 10.2. The van der Waals surface area contributed by atoms with Gasteiger partial charge in [0.15, 0.2) is 11.5 Å². The molecule has 0 atom stereocenters. The van der Waals surface area contributed by atoms with Crippen LogP contribution in [0.4, 0.5) is 11.4 Å². The molecule has 0 radical (unpaired) electrons. The molecule has 0 amide bonds. The second-order valence-electron chi connectivity index (χ2n) is 4.35. The van der Waals surface area contributed by atoms with Gasteiger partial charge in [-0.15, -0.1) is 0 Å². The number of phenols is 2. The van der Waals surface area contributed by atoms with Crippen molar-refractivity contribution in [3.63, 3.8) is 0 Å². The molecule has 0 aliphatic heterocycles. The maximum absolute atomic E-state index is 10.7. The number of benzene rings is 2. The van der Waals surface area contributed by atoms with E-state index in [1.54, 1.807) is 12.1 Å². The van der Waals surface area contributed by atoms with Crippen LogP contribution in [0.3, 0.4) is 0 Å². The largest absolute Gasteiger partial charge is 0.505 e. The van der Waals surface area contributed by atoms with Crippen molar-refractivity contribution in [2.24, 2.45) is 4.99 Å². The van der Waals surface area contributed by atoms with Gasteiger partial charge in [-0.2, -0.15) is 0 Å². The van der Waals surface area contributed by atoms with E-state index in [4.69, 9.17) is 16.3 Å². The van der Waals surface area contributed by atoms with Gasteiger partial charge in [-0.1, -0.05) is 27.5 Å². The molecule has 0 aliphatic rings. The first-order valence-electron chi connectivity index (χ1n) is 6.11. The Hall–Kier alpha value is -2.32. The quantitative estimate of drug-likeness (QED) is 0.454. The van der Waals surface area contributed by atoms with Crippen LogP contribution in [0.25, 0.3) is 0 Å². The van der Waals surface area contributed by atoms with E-state index in [1.165, 1.54) is 13.3 Å². The van der Waals surface area contributed by atoms with Crippen LogP contribution < -0.4 is 4.74 Å². The Morgan fingerprint density at radius 1 is 1.35 bits per heavy atom. The lowest BCUT2D eigenvalue weighted by Gasteiger charge is -2.07. The molecule has 9 heteroatoms. The van der Waals surface area contributed by atoms with Crippen molar-refractivity contribution in [3.05, 3.63) is 49.4 Å². The SMILES string of the molecule is COc1cc(Br)cc(C=Nc2cc(Cl)c([N+](=O)[O-])cc2O)c1O. The van der Waals surface area contributed by atoms with Gasteiger partial charge in [-0.3, -0.25) is 15.1 Å². The molecule has 0 aromatic heterocycles. The van der Waals surface area contributed by atoms with Gasteiger partial charge >= 0.3 is 0 Å². The highest BCUT2D eigenvalue weighted by Gasteiger charge is 2.16. The molecule has 0 saturated carbocycles. The number of rotatable bonds is 4. The van der Waals surface area contributed by atoms with Gasteiger partial charge in [0.05, 0.1) is 18.1 Å². The third-order valence-corrected chi connectivity index (χ3v) is 3.63. The zero-order valence-corrected chi connectivity index (χ0v) is 14.0. The number of nitro groups is 1. The topological polar surface area (TPSA) is 105 Å². The summed E-state index contributed by atoms with van der Waals surface area (Å²) >= 11 is 9.05. The summed E-state index contributed by atoms with van der Waals surface area (Å²) in [4.78, 5) is 14.0. The molecule has 0 unspecified atom stereocenters. The van der Waals surface area contributed by atoms with Crippen molar-refractivity contribution in [2.75, 3.05) is 7.11 Å². The van der Waals surface area contributed by atoms with E-state index in [-0.39, 0.29) is 22.2 Å². The molecule has 7 nitrogen and oxygen atoms in total. The summed E-state index contributed by atoms with van der Waals surface area (Å²) in [5.41, 5.74) is -0.0702. The summed E-state index contributed by atoms with van der Waals surface area (Å²) in [5.74, 6) is -0.294. The highest BCUT2D eigenvalue weighted by Crippen LogP contribution is 2.37. The lowest BCUT2D eigenvalue weighted by Crippen LogP contribution is -1.90. The molecule has 0 spiro atoms. The maximum Gasteiger partial charge on any atom is 0.291 e. The second-order valence-corrected chi connectivity index (χ2v) is 5.68. The first-order valence-corrected chi connectivity index (χ1v) is 7.28. The van der Waals surface area contributed by atoms with Crippen LogP contribution >= 0.6 is 27.5 Å². The maximum atomic E-state index is 10.7. The van der Waals surface area contributed by atoms with Crippen LogP contribution in [0.1, 0.15) is 5.56 Å². The summed E-state index contributed by atoms with van der Waals surface area (Å²) in [6, 6.07) is 5.24. The fourth-order valence-corrected chi connectivity index (χ4v) is 2.45. The Morgan fingerprint density at radius 2 is 2.04 bits per heavy atom. The van der Waals surface area contributed by atoms with Crippen molar-refractivity contribution in [3.8, 4) is 17.2 Å². The number of nitrogens with zero attached hydrogens (tertiary/aromatic N) is 2. The van der Waals surface area contributed by atoms with Crippen molar-refractivity contribution < 1.29 is 19.9 Å². The Labute approximate surface area is 144 Å². The second kappa shape index (κ2) is 6.84. The molecular weight excluding hydrogens is 392 g/mol. The van der Waals surface area contributed by atoms with Gasteiger partial charge in [0.2, 0.25) is 0 Å². The normalized spacial score (nSPS) is 10.9. The Kier molecular flexibility index (Phi) is 5.07. The van der Waals surface area contributed by atoms with E-state index in [9.17, 15) is 20.3 Å². The molecule has 120 valence electrons. The number of aliphatic imine (C=N–C) groups is 1. The zero-order chi connectivity index (χ0) is 17.1. The molecule has 0 fully saturated rings. The zero-order valence-electron chi connectivity index (χ0n) is 11.7. The van der Waals surface area contributed by atoms with E-state index < -0.39 is 16.4 Å². The van der Waals surface area contributed by atoms with Gasteiger partial charge in [-0.25, -0.2) is 0 Å². The number of hydrogen-bond donors (Lipinski definition) is 2. The molecule has 0 saturated heterocycles. The minimum absolute atomic E-state index is 0.0268. The van der Waals surface area contributed by atoms with Gasteiger partial charge in [0.25, 0.3) is 5.69 Å². The van der Waals surface area contributed by atoms with Crippen LogP contribution in [0.2, 0.25) is 5.02 Å². The number of ether oxygens (including phenoxy) is 1. The van der Waals surface area contributed by atoms with E-state index in [2.05, 4.69) is 20.9 Å². The van der Waals surface area contributed by atoms with Crippen molar-refractivity contribution >= 4 is 45.1 Å². The molecular formula is C14H10BrClN2O5. The molecule has 2 rings (SSSR count). The molecule has 0 heterocycles. The number of phenolic OH excluding ortho intramolecular Hbond substituents is 2. The monoisotopic (exact) mass is 400 g/mol. The number of halogens is 2. The van der Waals surface area contributed by atoms with E-state index in [0.717, 1.165) is 12.1 Å². The molecule has 2 aromatic carbocycles. The summed E-state index contributed by atoms with van der Waals surface area (Å²) in [6.07, 6.45) is 1.28. The Balaban J connectivity index is 2.44. The van der Waals surface area contributed by atoms with Crippen molar-refractivity contribution in [1.82, 2.24) is 0 Å². The third-order valence-electron chi connectivity index (χ3n) is 2.87. The van der Waals surface area contributed by atoms with Gasteiger partial charge in [0, 0.05) is 16.3 Å². The lowest BCUT2D eigenvalue weighted by molar-refractivity contribution is -0.384. The van der Waals surface area contributed by atoms with Crippen LogP contribution in [-0.4, -0.2) is 28.5 Å². The van der Waals surface area contributed by atoms with Crippen LogP contribution in [0.15, 0.2) is 33.7 Å². The van der Waals surface area contributed by atoms with Crippen molar-refractivity contribution in [1.29, 1.82) is 0 Å². The number of methoxy groups -OCH3 is 1. The minimum atomic E-state index is -0.708. The molecule has 0 bridgehead atoms. The highest BCUT2D eigenvalue weighted by molar-refractivity contribution is 9.10. The first-order chi connectivity index (χ1) is 10.8. The van der Waals surface area contributed by atoms with Crippen LogP contribution in [0, 0.1) is 10.1 Å². The van der Waals surface area contributed by atoms with Crippen molar-refractivity contribution in [2.45, 2.75) is 0 Å². The standard InChI is InChI=1S/C14H10BrClN2O5/c1-23-13-3-8(15)2-7(14(13)20)6-17-10-4-9(16)11(18(21)22)5-12(10)19/h2-6,19-20H,1H3. The van der Waals surface area contributed by atoms with E-state index in [0.29, 0.717) is 10.0 Å². The Bertz CT molecular complexity index is 810. The summed E-state index contributed by atoms with van der Waals surface area (Å²) < 4.78 is 5.67. The predicted octanol–water partition coefficient (Wildman–Crippen LogP) is 4.18. The smallest absolute Gasteiger partial charge is 0.291 e. The van der Waals surface area contributed by atoms with Gasteiger partial charge < -0.3 is 14.9 Å². The Morgan fingerprint density at radius 3 is 2.65 bits per heavy atom. The molecule has 2 aromatic rings. The van der Waals surface area contributed by atoms with Gasteiger partial charge in [-0.05, 0) is 18.2 Å².